The summed E-state index contributed by atoms with van der Waals surface area (Å²) in [6.45, 7) is 1.63. The number of nitrogens with one attached hydrogen (secondary N) is 1. The van der Waals surface area contributed by atoms with Crippen LogP contribution >= 0.6 is 0 Å². The van der Waals surface area contributed by atoms with Crippen LogP contribution < -0.4 is 15.7 Å². The van der Waals surface area contributed by atoms with Gasteiger partial charge in [0.1, 0.15) is 12.0 Å². The third-order valence-electron chi connectivity index (χ3n) is 6.09. The van der Waals surface area contributed by atoms with Crippen LogP contribution in [0.15, 0.2) is 52.1 Å². The van der Waals surface area contributed by atoms with Gasteiger partial charge in [-0.2, -0.15) is 5.10 Å². The van der Waals surface area contributed by atoms with E-state index in [0.717, 1.165) is 11.1 Å². The number of ether oxygens (including phenoxy) is 1. The molecule has 0 radical (unpaired) electrons. The molecule has 1 atom stereocenters. The predicted molar refractivity (Wildman–Crippen MR) is 129 cm³/mol. The monoisotopic (exact) mass is 458 g/mol. The summed E-state index contributed by atoms with van der Waals surface area (Å²) in [7, 11) is 5.17. The van der Waals surface area contributed by atoms with Crippen LogP contribution in [-0.2, 0) is 14.1 Å². The molecule has 4 heterocycles. The van der Waals surface area contributed by atoms with Crippen molar-refractivity contribution in [2.75, 3.05) is 12.4 Å². The van der Waals surface area contributed by atoms with E-state index in [1.807, 2.05) is 19.3 Å². The molecule has 0 saturated heterocycles. The number of hydrogen-bond donors (Lipinski definition) is 2. The maximum absolute atomic E-state index is 13.5. The first-order valence-electron chi connectivity index (χ1n) is 10.7. The minimum Gasteiger partial charge on any atom is -0.496 e. The molecule has 10 heteroatoms. The smallest absolute Gasteiger partial charge is 0.333 e. The van der Waals surface area contributed by atoms with E-state index in [0.29, 0.717) is 50.1 Å². The Morgan fingerprint density at radius 1 is 1.18 bits per heavy atom. The van der Waals surface area contributed by atoms with Crippen LogP contribution in [0.5, 0.6) is 5.75 Å². The number of imidazole rings is 1. The van der Waals surface area contributed by atoms with E-state index in [4.69, 9.17) is 9.15 Å². The van der Waals surface area contributed by atoms with Crippen molar-refractivity contribution < 1.29 is 14.3 Å². The average molecular weight is 458 g/mol. The minimum absolute atomic E-state index is 0.227. The minimum atomic E-state index is -0.761. The number of nitrogens with zero attached hydrogens (tertiary/aromatic N) is 5. The van der Waals surface area contributed by atoms with E-state index in [-0.39, 0.29) is 5.69 Å². The van der Waals surface area contributed by atoms with E-state index in [1.54, 1.807) is 65.3 Å². The Morgan fingerprint density at radius 2 is 2.00 bits per heavy atom. The summed E-state index contributed by atoms with van der Waals surface area (Å²) in [5, 5.41) is 17.8. The molecule has 6 rings (SSSR count). The third kappa shape index (κ3) is 2.75. The van der Waals surface area contributed by atoms with Crippen molar-refractivity contribution in [1.82, 2.24) is 23.7 Å². The van der Waals surface area contributed by atoms with Gasteiger partial charge in [-0.15, -0.1) is 0 Å². The van der Waals surface area contributed by atoms with Gasteiger partial charge in [-0.3, -0.25) is 18.6 Å². The van der Waals surface area contributed by atoms with Crippen molar-refractivity contribution >= 4 is 44.3 Å². The third-order valence-corrected chi connectivity index (χ3v) is 6.09. The molecular formula is C24H22N6O4. The van der Waals surface area contributed by atoms with Gasteiger partial charge in [-0.05, 0) is 25.1 Å². The Labute approximate surface area is 192 Å². The lowest BCUT2D eigenvalue weighted by Gasteiger charge is -2.11. The van der Waals surface area contributed by atoms with Gasteiger partial charge in [0, 0.05) is 37.6 Å². The number of benzene rings is 2. The van der Waals surface area contributed by atoms with E-state index < -0.39 is 6.23 Å². The molecule has 0 amide bonds. The molecule has 0 aliphatic carbocycles. The number of fused-ring (bicyclic) bond motifs is 2. The highest BCUT2D eigenvalue weighted by atomic mass is 16.5. The highest BCUT2D eigenvalue weighted by molar-refractivity contribution is 6.16. The van der Waals surface area contributed by atoms with E-state index in [2.05, 4.69) is 15.4 Å². The van der Waals surface area contributed by atoms with Gasteiger partial charge in [0.15, 0.2) is 11.2 Å². The van der Waals surface area contributed by atoms with E-state index >= 15 is 0 Å². The predicted octanol–water partition coefficient (Wildman–Crippen LogP) is 3.24. The van der Waals surface area contributed by atoms with Gasteiger partial charge in [0.2, 0.25) is 0 Å². The molecule has 1 unspecified atom stereocenters. The summed E-state index contributed by atoms with van der Waals surface area (Å²) >= 11 is 0. The van der Waals surface area contributed by atoms with Crippen LogP contribution in [-0.4, -0.2) is 42.2 Å². The number of rotatable bonds is 4. The molecule has 10 nitrogen and oxygen atoms in total. The first-order chi connectivity index (χ1) is 16.4. The quantitative estimate of drug-likeness (QED) is 0.390. The topological polar surface area (TPSA) is 112 Å². The van der Waals surface area contributed by atoms with Crippen molar-refractivity contribution in [2.45, 2.75) is 13.2 Å². The van der Waals surface area contributed by atoms with E-state index in [1.165, 1.54) is 0 Å². The van der Waals surface area contributed by atoms with Crippen molar-refractivity contribution in [3.8, 4) is 16.9 Å². The Kier molecular flexibility index (Phi) is 4.24. The molecule has 0 bridgehead atoms. The first kappa shape index (κ1) is 20.3. The van der Waals surface area contributed by atoms with Gasteiger partial charge >= 0.3 is 5.69 Å². The Bertz CT molecular complexity index is 1800. The molecule has 2 aromatic carbocycles. The normalized spacial score (nSPS) is 12.9. The molecule has 2 N–H and O–H groups in total. The lowest BCUT2D eigenvalue weighted by molar-refractivity contribution is 0.224. The molecule has 0 aliphatic rings. The van der Waals surface area contributed by atoms with Crippen LogP contribution in [0.2, 0.25) is 0 Å². The van der Waals surface area contributed by atoms with Crippen LogP contribution in [0.4, 0.5) is 5.69 Å². The summed E-state index contributed by atoms with van der Waals surface area (Å²) in [4.78, 5) is 18.1. The summed E-state index contributed by atoms with van der Waals surface area (Å²) in [6, 6.07) is 7.22. The SMILES string of the molecule is COc1cc2ncc3c4c2c(oc2ccc(NC(C)O)cc2n4c(=O)n3C)c1-c1cnn(C)c1. The standard InChI is InChI=1S/C24H22N6O4/c1-12(31)27-14-5-6-18-16(7-14)30-22-17(29(3)24(30)32)10-25-15-8-19(33-4)20(23(34-18)21(15)22)13-9-26-28(2)11-13/h5-12,27,31H,1-4H3. The lowest BCUT2D eigenvalue weighted by atomic mass is 10.0. The van der Waals surface area contributed by atoms with Gasteiger partial charge in [0.05, 0.1) is 52.5 Å². The molecule has 0 spiro atoms. The van der Waals surface area contributed by atoms with Gasteiger partial charge in [-0.1, -0.05) is 0 Å². The Balaban J connectivity index is 1.92. The van der Waals surface area contributed by atoms with E-state index in [9.17, 15) is 9.90 Å². The molecule has 0 fully saturated rings. The summed E-state index contributed by atoms with van der Waals surface area (Å²) in [6.07, 6.45) is 4.56. The number of aliphatic hydroxyl groups is 1. The fourth-order valence-electron chi connectivity index (χ4n) is 4.62. The fraction of sp³-hybridized carbons (Fsp3) is 0.208. The molecule has 0 saturated carbocycles. The van der Waals surface area contributed by atoms with Gasteiger partial charge in [-0.25, -0.2) is 4.79 Å². The summed E-state index contributed by atoms with van der Waals surface area (Å²) < 4.78 is 17.2. The fourth-order valence-corrected chi connectivity index (χ4v) is 4.62. The molecule has 0 aliphatic heterocycles. The van der Waals surface area contributed by atoms with Crippen molar-refractivity contribution in [3.63, 3.8) is 0 Å². The number of methoxy groups -OCH3 is 1. The lowest BCUT2D eigenvalue weighted by Crippen LogP contribution is -2.17. The summed E-state index contributed by atoms with van der Waals surface area (Å²) in [5.41, 5.74) is 5.55. The largest absolute Gasteiger partial charge is 0.496 e. The number of aromatic nitrogens is 5. The van der Waals surface area contributed by atoms with Crippen LogP contribution in [0.1, 0.15) is 6.92 Å². The van der Waals surface area contributed by atoms with Crippen molar-refractivity contribution in [2.24, 2.45) is 14.1 Å². The second-order valence-electron chi connectivity index (χ2n) is 8.35. The molecule has 172 valence electrons. The average Bonchev–Trinajstić information content (AvgIpc) is 3.29. The Hall–Kier alpha value is -4.31. The van der Waals surface area contributed by atoms with Crippen LogP contribution in [0, 0.1) is 0 Å². The molecule has 34 heavy (non-hydrogen) atoms. The second-order valence-corrected chi connectivity index (χ2v) is 8.35. The highest BCUT2D eigenvalue weighted by Crippen LogP contribution is 2.42. The van der Waals surface area contributed by atoms with Crippen molar-refractivity contribution in [3.05, 3.63) is 53.3 Å². The molecule has 4 aromatic heterocycles. The number of pyridine rings is 1. The molecular weight excluding hydrogens is 436 g/mol. The molecule has 6 aromatic rings. The number of aryl methyl sites for hydroxylation is 2. The zero-order valence-corrected chi connectivity index (χ0v) is 19.0. The second kappa shape index (κ2) is 7.09. The number of aliphatic hydroxyl groups excluding tert-OH is 1. The zero-order chi connectivity index (χ0) is 23.7. The van der Waals surface area contributed by atoms with Crippen LogP contribution in [0.3, 0.4) is 0 Å². The Morgan fingerprint density at radius 3 is 2.71 bits per heavy atom. The maximum atomic E-state index is 13.5. The number of hydrogen-bond acceptors (Lipinski definition) is 7. The summed E-state index contributed by atoms with van der Waals surface area (Å²) in [5.74, 6) is 0.586. The first-order valence-corrected chi connectivity index (χ1v) is 10.7. The van der Waals surface area contributed by atoms with Crippen LogP contribution in [0.25, 0.3) is 49.7 Å². The zero-order valence-electron chi connectivity index (χ0n) is 19.0. The van der Waals surface area contributed by atoms with Gasteiger partial charge in [0.25, 0.3) is 0 Å². The number of anilines is 1. The van der Waals surface area contributed by atoms with Gasteiger partial charge < -0.3 is 19.6 Å². The maximum Gasteiger partial charge on any atom is 0.333 e. The van der Waals surface area contributed by atoms with Crippen molar-refractivity contribution in [1.29, 1.82) is 0 Å². The highest BCUT2D eigenvalue weighted by Gasteiger charge is 2.24.